The number of rotatable bonds is 2. The van der Waals surface area contributed by atoms with Crippen molar-refractivity contribution >= 4 is 5.97 Å². The molecule has 2 atom stereocenters. The quantitative estimate of drug-likeness (QED) is 0.663. The number of piperidine rings is 1. The number of ether oxygens (including phenoxy) is 1. The van der Waals surface area contributed by atoms with Crippen LogP contribution in [0.3, 0.4) is 0 Å². The number of hydrogen-bond donors (Lipinski definition) is 2. The Hall–Kier alpha value is -0.610. The molecule has 3 N–H and O–H groups in total. The van der Waals surface area contributed by atoms with E-state index < -0.39 is 11.6 Å². The van der Waals surface area contributed by atoms with Gasteiger partial charge in [-0.2, -0.15) is 0 Å². The van der Waals surface area contributed by atoms with Crippen LogP contribution in [0.2, 0.25) is 0 Å². The van der Waals surface area contributed by atoms with E-state index in [1.54, 1.807) is 0 Å². The van der Waals surface area contributed by atoms with Gasteiger partial charge in [-0.05, 0) is 46.1 Å². The Morgan fingerprint density at radius 3 is 2.67 bits per heavy atom. The molecular weight excluding hydrogens is 192 g/mol. The maximum absolute atomic E-state index is 11.7. The van der Waals surface area contributed by atoms with Gasteiger partial charge in [-0.25, -0.2) is 0 Å². The molecule has 0 amide bonds. The van der Waals surface area contributed by atoms with Crippen molar-refractivity contribution in [2.75, 3.05) is 13.1 Å². The Labute approximate surface area is 91.5 Å². The van der Waals surface area contributed by atoms with E-state index >= 15 is 0 Å². The fourth-order valence-electron chi connectivity index (χ4n) is 1.75. The van der Waals surface area contributed by atoms with Crippen LogP contribution in [0.15, 0.2) is 0 Å². The highest BCUT2D eigenvalue weighted by molar-refractivity contribution is 5.76. The molecule has 0 aromatic carbocycles. The minimum Gasteiger partial charge on any atom is -0.459 e. The Bertz CT molecular complexity index is 217. The van der Waals surface area contributed by atoms with Gasteiger partial charge >= 0.3 is 5.97 Å². The molecule has 0 spiro atoms. The first-order valence-corrected chi connectivity index (χ1v) is 5.59. The summed E-state index contributed by atoms with van der Waals surface area (Å²) in [5.74, 6) is -0.0650. The second kappa shape index (κ2) is 4.94. The zero-order valence-electron chi connectivity index (χ0n) is 9.88. The molecule has 1 fully saturated rings. The summed E-state index contributed by atoms with van der Waals surface area (Å²) in [6, 6.07) is -0.489. The van der Waals surface area contributed by atoms with Crippen LogP contribution in [-0.4, -0.2) is 30.7 Å². The van der Waals surface area contributed by atoms with Gasteiger partial charge in [0, 0.05) is 6.54 Å². The molecule has 1 saturated heterocycles. The lowest BCUT2D eigenvalue weighted by molar-refractivity contribution is -0.158. The van der Waals surface area contributed by atoms with Gasteiger partial charge in [0.05, 0.1) is 0 Å². The topological polar surface area (TPSA) is 64.3 Å². The molecule has 4 heteroatoms. The van der Waals surface area contributed by atoms with Gasteiger partial charge in [-0.15, -0.1) is 0 Å². The van der Waals surface area contributed by atoms with Crippen LogP contribution >= 0.6 is 0 Å². The predicted octanol–water partition coefficient (Wildman–Crippen LogP) is 0.655. The number of nitrogens with one attached hydrogen (secondary N) is 1. The van der Waals surface area contributed by atoms with Gasteiger partial charge in [0.25, 0.3) is 0 Å². The van der Waals surface area contributed by atoms with E-state index in [1.165, 1.54) is 0 Å². The van der Waals surface area contributed by atoms with Crippen LogP contribution in [0.1, 0.15) is 33.6 Å². The predicted molar refractivity (Wildman–Crippen MR) is 59.4 cm³/mol. The van der Waals surface area contributed by atoms with Gasteiger partial charge in [0.15, 0.2) is 0 Å². The smallest absolute Gasteiger partial charge is 0.323 e. The largest absolute Gasteiger partial charge is 0.459 e. The number of hydrogen-bond acceptors (Lipinski definition) is 4. The minimum atomic E-state index is -0.489. The van der Waals surface area contributed by atoms with E-state index in [1.807, 2.05) is 20.8 Å². The second-order valence-electron chi connectivity index (χ2n) is 5.17. The standard InChI is InChI=1S/C11H22N2O2/c1-11(2,3)15-10(14)9(12)8-5-4-6-13-7-8/h8-9,13H,4-7,12H2,1-3H3/t8-,9?/m1/s1. The third kappa shape index (κ3) is 4.18. The maximum Gasteiger partial charge on any atom is 0.323 e. The summed E-state index contributed by atoms with van der Waals surface area (Å²) in [6.07, 6.45) is 2.09. The van der Waals surface area contributed by atoms with Crippen molar-refractivity contribution in [2.24, 2.45) is 11.7 Å². The number of esters is 1. The summed E-state index contributed by atoms with van der Waals surface area (Å²) < 4.78 is 5.26. The van der Waals surface area contributed by atoms with Crippen molar-refractivity contribution in [3.8, 4) is 0 Å². The Morgan fingerprint density at radius 1 is 1.53 bits per heavy atom. The molecule has 15 heavy (non-hydrogen) atoms. The van der Waals surface area contributed by atoms with E-state index in [9.17, 15) is 4.79 Å². The molecular formula is C11H22N2O2. The van der Waals surface area contributed by atoms with Crippen molar-refractivity contribution < 1.29 is 9.53 Å². The van der Waals surface area contributed by atoms with Crippen molar-refractivity contribution in [3.63, 3.8) is 0 Å². The average Bonchev–Trinajstić information content (AvgIpc) is 2.15. The molecule has 0 saturated carbocycles. The summed E-state index contributed by atoms with van der Waals surface area (Å²) in [5.41, 5.74) is 5.44. The van der Waals surface area contributed by atoms with Crippen molar-refractivity contribution in [1.82, 2.24) is 5.32 Å². The van der Waals surface area contributed by atoms with Crippen LogP contribution in [0.5, 0.6) is 0 Å². The Balaban J connectivity index is 2.44. The second-order valence-corrected chi connectivity index (χ2v) is 5.17. The van der Waals surface area contributed by atoms with Crippen molar-refractivity contribution in [3.05, 3.63) is 0 Å². The molecule has 4 nitrogen and oxygen atoms in total. The highest BCUT2D eigenvalue weighted by atomic mass is 16.6. The average molecular weight is 214 g/mol. The molecule has 1 aliphatic heterocycles. The molecule has 88 valence electrons. The third-order valence-electron chi connectivity index (χ3n) is 2.52. The zero-order chi connectivity index (χ0) is 11.5. The maximum atomic E-state index is 11.7. The Morgan fingerprint density at radius 2 is 2.20 bits per heavy atom. The fourth-order valence-corrected chi connectivity index (χ4v) is 1.75. The highest BCUT2D eigenvalue weighted by Gasteiger charge is 2.29. The number of carbonyl (C=O) groups excluding carboxylic acids is 1. The van der Waals surface area contributed by atoms with Crippen LogP contribution in [0, 0.1) is 5.92 Å². The minimum absolute atomic E-state index is 0.216. The van der Waals surface area contributed by atoms with Gasteiger partial charge in [-0.3, -0.25) is 4.79 Å². The lowest BCUT2D eigenvalue weighted by Gasteiger charge is -2.29. The van der Waals surface area contributed by atoms with Gasteiger partial charge in [-0.1, -0.05) is 0 Å². The molecule has 1 aliphatic rings. The van der Waals surface area contributed by atoms with Crippen LogP contribution in [0.25, 0.3) is 0 Å². The number of carbonyl (C=O) groups is 1. The van der Waals surface area contributed by atoms with E-state index in [0.29, 0.717) is 0 Å². The van der Waals surface area contributed by atoms with Crippen molar-refractivity contribution in [1.29, 1.82) is 0 Å². The molecule has 0 aliphatic carbocycles. The summed E-state index contributed by atoms with van der Waals surface area (Å²) in [7, 11) is 0. The van der Waals surface area contributed by atoms with E-state index in [2.05, 4.69) is 5.32 Å². The molecule has 1 rings (SSSR count). The molecule has 0 bridgehead atoms. The zero-order valence-corrected chi connectivity index (χ0v) is 9.88. The fraction of sp³-hybridized carbons (Fsp3) is 0.909. The Kier molecular flexibility index (Phi) is 4.11. The lowest BCUT2D eigenvalue weighted by atomic mass is 9.92. The van der Waals surface area contributed by atoms with E-state index in [-0.39, 0.29) is 11.9 Å². The molecule has 0 aromatic rings. The van der Waals surface area contributed by atoms with Crippen molar-refractivity contribution in [2.45, 2.75) is 45.3 Å². The van der Waals surface area contributed by atoms with Gasteiger partial charge in [0.2, 0.25) is 0 Å². The molecule has 0 radical (unpaired) electrons. The van der Waals surface area contributed by atoms with Crippen LogP contribution in [0.4, 0.5) is 0 Å². The van der Waals surface area contributed by atoms with Gasteiger partial charge in [0.1, 0.15) is 11.6 Å². The van der Waals surface area contributed by atoms with E-state index in [4.69, 9.17) is 10.5 Å². The van der Waals surface area contributed by atoms with Gasteiger partial charge < -0.3 is 15.8 Å². The summed E-state index contributed by atoms with van der Waals surface area (Å²) in [6.45, 7) is 7.42. The normalized spacial score (nSPS) is 24.7. The van der Waals surface area contributed by atoms with E-state index in [0.717, 1.165) is 25.9 Å². The summed E-state index contributed by atoms with van der Waals surface area (Å²) >= 11 is 0. The summed E-state index contributed by atoms with van der Waals surface area (Å²) in [5, 5.41) is 3.25. The first-order chi connectivity index (χ1) is 6.90. The summed E-state index contributed by atoms with van der Waals surface area (Å²) in [4.78, 5) is 11.7. The highest BCUT2D eigenvalue weighted by Crippen LogP contribution is 2.16. The third-order valence-corrected chi connectivity index (χ3v) is 2.52. The first-order valence-electron chi connectivity index (χ1n) is 5.59. The SMILES string of the molecule is CC(C)(C)OC(=O)C(N)[C@@H]1CCCNC1. The number of nitrogens with two attached hydrogens (primary N) is 1. The monoisotopic (exact) mass is 214 g/mol. The lowest BCUT2D eigenvalue weighted by Crippen LogP contribution is -2.47. The molecule has 1 heterocycles. The van der Waals surface area contributed by atoms with Crippen LogP contribution < -0.4 is 11.1 Å². The molecule has 1 unspecified atom stereocenters. The molecule has 0 aromatic heterocycles. The first kappa shape index (κ1) is 12.5. The van der Waals surface area contributed by atoms with Crippen LogP contribution in [-0.2, 0) is 9.53 Å².